The van der Waals surface area contributed by atoms with Crippen molar-refractivity contribution in [2.24, 2.45) is 0 Å². The standard InChI is InChI=1S/C7H16NO/c1-5-8(3,4)6-7(2)9/h5-6H2,1-4H3/q+1. The Labute approximate surface area is 57.1 Å². The molecule has 0 saturated heterocycles. The number of hydrogen-bond donors (Lipinski definition) is 0. The van der Waals surface area contributed by atoms with E-state index in [2.05, 4.69) is 21.0 Å². The van der Waals surface area contributed by atoms with Crippen LogP contribution in [-0.4, -0.2) is 37.5 Å². The second-order valence-electron chi connectivity index (χ2n) is 3.11. The number of likely N-dealkylation sites (N-methyl/N-ethyl adjacent to an activating group) is 1. The molecule has 0 aromatic rings. The minimum absolute atomic E-state index is 0.266. The molecule has 0 radical (unpaired) electrons. The molecule has 0 heterocycles. The quantitative estimate of drug-likeness (QED) is 0.513. The molecule has 0 fully saturated rings. The van der Waals surface area contributed by atoms with E-state index < -0.39 is 0 Å². The van der Waals surface area contributed by atoms with Crippen molar-refractivity contribution in [1.29, 1.82) is 0 Å². The highest BCUT2D eigenvalue weighted by Gasteiger charge is 2.13. The lowest BCUT2D eigenvalue weighted by Crippen LogP contribution is -2.42. The van der Waals surface area contributed by atoms with E-state index in [4.69, 9.17) is 0 Å². The van der Waals surface area contributed by atoms with Crippen LogP contribution in [-0.2, 0) is 4.79 Å². The van der Waals surface area contributed by atoms with Gasteiger partial charge in [-0.1, -0.05) is 0 Å². The molecule has 0 N–H and O–H groups in total. The fourth-order valence-corrected chi connectivity index (χ4v) is 0.715. The third kappa shape index (κ3) is 4.15. The summed E-state index contributed by atoms with van der Waals surface area (Å²) in [4.78, 5) is 10.6. The van der Waals surface area contributed by atoms with Crippen molar-refractivity contribution in [3.05, 3.63) is 0 Å². The minimum atomic E-state index is 0.266. The predicted octanol–water partition coefficient (Wildman–Crippen LogP) is 0.672. The van der Waals surface area contributed by atoms with Crippen LogP contribution in [0.2, 0.25) is 0 Å². The maximum absolute atomic E-state index is 10.6. The molecular formula is C7H16NO+. The molecule has 0 saturated carbocycles. The van der Waals surface area contributed by atoms with E-state index in [0.717, 1.165) is 11.0 Å². The summed E-state index contributed by atoms with van der Waals surface area (Å²) in [7, 11) is 4.11. The Morgan fingerprint density at radius 2 is 1.89 bits per heavy atom. The molecule has 9 heavy (non-hydrogen) atoms. The maximum Gasteiger partial charge on any atom is 0.183 e. The van der Waals surface area contributed by atoms with E-state index in [1.807, 2.05) is 0 Å². The third-order valence-electron chi connectivity index (χ3n) is 1.51. The summed E-state index contributed by atoms with van der Waals surface area (Å²) in [5, 5.41) is 0. The average molecular weight is 130 g/mol. The van der Waals surface area contributed by atoms with Crippen LogP contribution in [0.5, 0.6) is 0 Å². The monoisotopic (exact) mass is 130 g/mol. The van der Waals surface area contributed by atoms with Gasteiger partial charge in [-0.05, 0) is 6.92 Å². The van der Waals surface area contributed by atoms with E-state index in [-0.39, 0.29) is 5.78 Å². The summed E-state index contributed by atoms with van der Waals surface area (Å²) in [5.41, 5.74) is 0. The van der Waals surface area contributed by atoms with E-state index in [9.17, 15) is 4.79 Å². The van der Waals surface area contributed by atoms with Crippen LogP contribution in [0.15, 0.2) is 0 Å². The molecule has 54 valence electrons. The largest absolute Gasteiger partial charge is 0.323 e. The van der Waals surface area contributed by atoms with Crippen LogP contribution in [0.4, 0.5) is 0 Å². The van der Waals surface area contributed by atoms with E-state index in [0.29, 0.717) is 6.54 Å². The first kappa shape index (κ1) is 8.63. The Bertz CT molecular complexity index is 107. The first-order chi connectivity index (χ1) is 3.98. The summed E-state index contributed by atoms with van der Waals surface area (Å²) in [6, 6.07) is 0. The molecule has 2 nitrogen and oxygen atoms in total. The lowest BCUT2D eigenvalue weighted by Gasteiger charge is -2.26. The maximum atomic E-state index is 10.6. The second-order valence-corrected chi connectivity index (χ2v) is 3.11. The molecule has 0 atom stereocenters. The fourth-order valence-electron chi connectivity index (χ4n) is 0.715. The molecule has 0 rings (SSSR count). The molecule has 0 bridgehead atoms. The number of ketones is 1. The predicted molar refractivity (Wildman–Crippen MR) is 38.2 cm³/mol. The summed E-state index contributed by atoms with van der Waals surface area (Å²) in [6.45, 7) is 5.38. The number of hydrogen-bond acceptors (Lipinski definition) is 1. The van der Waals surface area contributed by atoms with Gasteiger partial charge in [0.15, 0.2) is 5.78 Å². The highest BCUT2D eigenvalue weighted by atomic mass is 16.1. The molecule has 0 spiro atoms. The van der Waals surface area contributed by atoms with Crippen LogP contribution in [0, 0.1) is 0 Å². The van der Waals surface area contributed by atoms with Crippen LogP contribution in [0.25, 0.3) is 0 Å². The van der Waals surface area contributed by atoms with Crippen molar-refractivity contribution in [3.63, 3.8) is 0 Å². The number of nitrogens with zero attached hydrogens (tertiary/aromatic N) is 1. The van der Waals surface area contributed by atoms with Gasteiger partial charge in [0, 0.05) is 6.92 Å². The molecular weight excluding hydrogens is 114 g/mol. The molecule has 0 amide bonds. The summed E-state index contributed by atoms with van der Waals surface area (Å²) < 4.78 is 0.801. The van der Waals surface area contributed by atoms with Crippen molar-refractivity contribution in [2.45, 2.75) is 13.8 Å². The Morgan fingerprint density at radius 3 is 2.00 bits per heavy atom. The van der Waals surface area contributed by atoms with Gasteiger partial charge in [-0.2, -0.15) is 0 Å². The Kier molecular flexibility index (Phi) is 2.85. The highest BCUT2D eigenvalue weighted by molar-refractivity contribution is 5.76. The van der Waals surface area contributed by atoms with Crippen LogP contribution < -0.4 is 0 Å². The van der Waals surface area contributed by atoms with Crippen molar-refractivity contribution in [3.8, 4) is 0 Å². The average Bonchev–Trinajstić information content (AvgIpc) is 1.63. The first-order valence-electron chi connectivity index (χ1n) is 3.29. The van der Waals surface area contributed by atoms with Gasteiger partial charge in [0.1, 0.15) is 6.54 Å². The smallest absolute Gasteiger partial charge is 0.183 e. The van der Waals surface area contributed by atoms with Gasteiger partial charge in [-0.25, -0.2) is 0 Å². The van der Waals surface area contributed by atoms with Gasteiger partial charge in [0.2, 0.25) is 0 Å². The first-order valence-corrected chi connectivity index (χ1v) is 3.29. The number of carbonyl (C=O) groups is 1. The van der Waals surface area contributed by atoms with Crippen molar-refractivity contribution >= 4 is 5.78 Å². The lowest BCUT2D eigenvalue weighted by atomic mass is 10.3. The molecule has 0 aliphatic carbocycles. The Morgan fingerprint density at radius 1 is 1.44 bits per heavy atom. The number of rotatable bonds is 3. The van der Waals surface area contributed by atoms with Crippen molar-refractivity contribution in [1.82, 2.24) is 0 Å². The number of quaternary nitrogens is 1. The Balaban J connectivity index is 3.71. The van der Waals surface area contributed by atoms with Crippen LogP contribution in [0.3, 0.4) is 0 Å². The fraction of sp³-hybridized carbons (Fsp3) is 0.857. The number of carbonyl (C=O) groups excluding carboxylic acids is 1. The SMILES string of the molecule is CC[N+](C)(C)CC(C)=O. The van der Waals surface area contributed by atoms with Crippen molar-refractivity contribution < 1.29 is 9.28 Å². The minimum Gasteiger partial charge on any atom is -0.323 e. The van der Waals surface area contributed by atoms with Gasteiger partial charge in [-0.3, -0.25) is 4.79 Å². The number of Topliss-reactive ketones (excluding diaryl/α,β-unsaturated/α-hetero) is 1. The normalized spacial score (nSPS) is 11.6. The second kappa shape index (κ2) is 2.97. The van der Waals surface area contributed by atoms with E-state index >= 15 is 0 Å². The van der Waals surface area contributed by atoms with E-state index in [1.54, 1.807) is 6.92 Å². The summed E-state index contributed by atoms with van der Waals surface area (Å²) >= 11 is 0. The molecule has 0 aromatic heterocycles. The van der Waals surface area contributed by atoms with Gasteiger partial charge >= 0.3 is 0 Å². The van der Waals surface area contributed by atoms with Crippen LogP contribution in [0.1, 0.15) is 13.8 Å². The molecule has 2 heteroatoms. The van der Waals surface area contributed by atoms with Crippen molar-refractivity contribution in [2.75, 3.05) is 27.2 Å². The topological polar surface area (TPSA) is 17.1 Å². The third-order valence-corrected chi connectivity index (χ3v) is 1.51. The molecule has 0 aromatic carbocycles. The highest BCUT2D eigenvalue weighted by Crippen LogP contribution is 1.94. The zero-order valence-electron chi connectivity index (χ0n) is 6.77. The zero-order chi connectivity index (χ0) is 7.49. The van der Waals surface area contributed by atoms with Gasteiger partial charge in [0.05, 0.1) is 20.6 Å². The zero-order valence-corrected chi connectivity index (χ0v) is 6.77. The molecule has 0 unspecified atom stereocenters. The van der Waals surface area contributed by atoms with Gasteiger partial charge in [0.25, 0.3) is 0 Å². The molecule has 0 aliphatic heterocycles. The lowest BCUT2D eigenvalue weighted by molar-refractivity contribution is -0.880. The van der Waals surface area contributed by atoms with Gasteiger partial charge in [-0.15, -0.1) is 0 Å². The summed E-state index contributed by atoms with van der Waals surface area (Å²) in [5.74, 6) is 0.266. The van der Waals surface area contributed by atoms with E-state index in [1.165, 1.54) is 0 Å². The Hall–Kier alpha value is -0.370. The van der Waals surface area contributed by atoms with Gasteiger partial charge < -0.3 is 4.48 Å². The summed E-state index contributed by atoms with van der Waals surface area (Å²) in [6.07, 6.45) is 0. The van der Waals surface area contributed by atoms with Crippen LogP contribution >= 0.6 is 0 Å². The molecule has 0 aliphatic rings.